The van der Waals surface area contributed by atoms with E-state index in [2.05, 4.69) is 21.2 Å². The molecule has 0 heterocycles. The van der Waals surface area contributed by atoms with Crippen LogP contribution in [0.1, 0.15) is 5.56 Å². The van der Waals surface area contributed by atoms with Crippen LogP contribution in [0.2, 0.25) is 0 Å². The van der Waals surface area contributed by atoms with Gasteiger partial charge in [-0.05, 0) is 30.3 Å². The molecule has 0 bridgehead atoms. The number of nitrogen functional groups attached to an aromatic ring is 1. The second kappa shape index (κ2) is 5.59. The number of rotatable bonds is 3. The van der Waals surface area contributed by atoms with Crippen LogP contribution >= 0.6 is 15.9 Å². The molecule has 2 aromatic carbocycles. The van der Waals surface area contributed by atoms with Crippen molar-refractivity contribution in [2.45, 2.75) is 0 Å². The van der Waals surface area contributed by atoms with Gasteiger partial charge in [0, 0.05) is 4.47 Å². The van der Waals surface area contributed by atoms with Crippen molar-refractivity contribution < 1.29 is 4.92 Å². The van der Waals surface area contributed by atoms with Gasteiger partial charge < -0.3 is 11.1 Å². The highest BCUT2D eigenvalue weighted by atomic mass is 79.9. The van der Waals surface area contributed by atoms with Gasteiger partial charge in [0.05, 0.1) is 16.2 Å². The maximum Gasteiger partial charge on any atom is 0.315 e. The van der Waals surface area contributed by atoms with Gasteiger partial charge in [0.2, 0.25) is 0 Å². The van der Waals surface area contributed by atoms with E-state index >= 15 is 0 Å². The smallest absolute Gasteiger partial charge is 0.315 e. The molecule has 0 aliphatic heterocycles. The van der Waals surface area contributed by atoms with Gasteiger partial charge in [-0.25, -0.2) is 0 Å². The van der Waals surface area contributed by atoms with Crippen molar-refractivity contribution in [2.24, 2.45) is 0 Å². The van der Waals surface area contributed by atoms with Gasteiger partial charge in [-0.1, -0.05) is 22.0 Å². The zero-order chi connectivity index (χ0) is 14.7. The summed E-state index contributed by atoms with van der Waals surface area (Å²) in [6.07, 6.45) is 0. The van der Waals surface area contributed by atoms with Crippen molar-refractivity contribution in [3.63, 3.8) is 0 Å². The number of hydrogen-bond donors (Lipinski definition) is 2. The summed E-state index contributed by atoms with van der Waals surface area (Å²) < 4.78 is 0.755. The molecule has 0 aliphatic rings. The topological polar surface area (TPSA) is 105 Å². The normalized spacial score (nSPS) is 9.80. The SMILES string of the molecule is N#Cc1ccc(Br)cc1Nc1cccc(N)c1[N+](=O)[O-]. The van der Waals surface area contributed by atoms with Crippen LogP contribution in [0.5, 0.6) is 0 Å². The molecule has 0 spiro atoms. The van der Waals surface area contributed by atoms with E-state index in [0.29, 0.717) is 11.3 Å². The molecule has 0 aromatic heterocycles. The van der Waals surface area contributed by atoms with E-state index in [1.54, 1.807) is 24.3 Å². The fraction of sp³-hybridized carbons (Fsp3) is 0. The van der Waals surface area contributed by atoms with Gasteiger partial charge >= 0.3 is 5.69 Å². The Labute approximate surface area is 123 Å². The standard InChI is InChI=1S/C13H9BrN4O2/c14-9-5-4-8(7-15)12(6-9)17-11-3-1-2-10(16)13(11)18(19)20/h1-6,17H,16H2. The van der Waals surface area contributed by atoms with E-state index < -0.39 is 4.92 Å². The van der Waals surface area contributed by atoms with Crippen molar-refractivity contribution >= 4 is 38.7 Å². The predicted octanol–water partition coefficient (Wildman–Crippen LogP) is 3.55. The zero-order valence-corrected chi connectivity index (χ0v) is 11.7. The number of hydrogen-bond acceptors (Lipinski definition) is 5. The number of nitrogens with one attached hydrogen (secondary N) is 1. The van der Waals surface area contributed by atoms with Crippen LogP contribution in [0, 0.1) is 21.4 Å². The molecule has 0 radical (unpaired) electrons. The first kappa shape index (κ1) is 13.8. The molecule has 100 valence electrons. The van der Waals surface area contributed by atoms with E-state index in [1.807, 2.05) is 6.07 Å². The summed E-state index contributed by atoms with van der Waals surface area (Å²) in [5.41, 5.74) is 6.56. The first-order valence-corrected chi connectivity index (χ1v) is 6.32. The predicted molar refractivity (Wildman–Crippen MR) is 79.6 cm³/mol. The highest BCUT2D eigenvalue weighted by Crippen LogP contribution is 2.34. The summed E-state index contributed by atoms with van der Waals surface area (Å²) in [6, 6.07) is 11.6. The van der Waals surface area contributed by atoms with Crippen LogP contribution in [-0.2, 0) is 0 Å². The van der Waals surface area contributed by atoms with Crippen LogP contribution in [0.25, 0.3) is 0 Å². The Hall–Kier alpha value is -2.59. The fourth-order valence-corrected chi connectivity index (χ4v) is 2.09. The van der Waals surface area contributed by atoms with Crippen molar-refractivity contribution in [3.05, 3.63) is 56.5 Å². The summed E-state index contributed by atoms with van der Waals surface area (Å²) in [7, 11) is 0. The van der Waals surface area contributed by atoms with Crippen molar-refractivity contribution in [2.75, 3.05) is 11.1 Å². The van der Waals surface area contributed by atoms with Crippen LogP contribution in [0.15, 0.2) is 40.9 Å². The number of nitrogens with zero attached hydrogens (tertiary/aromatic N) is 2. The second-order valence-electron chi connectivity index (χ2n) is 3.93. The van der Waals surface area contributed by atoms with Crippen LogP contribution < -0.4 is 11.1 Å². The molecule has 0 amide bonds. The van der Waals surface area contributed by atoms with Gasteiger partial charge in [0.1, 0.15) is 17.4 Å². The molecule has 0 saturated heterocycles. The van der Waals surface area contributed by atoms with Gasteiger partial charge in [0.15, 0.2) is 0 Å². The largest absolute Gasteiger partial charge is 0.393 e. The van der Waals surface area contributed by atoms with Gasteiger partial charge in [-0.3, -0.25) is 10.1 Å². The summed E-state index contributed by atoms with van der Waals surface area (Å²) in [5.74, 6) is 0. The molecule has 2 aromatic rings. The molecule has 0 aliphatic carbocycles. The van der Waals surface area contributed by atoms with E-state index in [9.17, 15) is 10.1 Å². The molecule has 0 fully saturated rings. The van der Waals surface area contributed by atoms with Gasteiger partial charge in [-0.2, -0.15) is 5.26 Å². The molecule has 2 rings (SSSR count). The van der Waals surface area contributed by atoms with Crippen molar-refractivity contribution in [1.82, 2.24) is 0 Å². The molecular weight excluding hydrogens is 324 g/mol. The van der Waals surface area contributed by atoms with E-state index in [1.165, 1.54) is 12.1 Å². The lowest BCUT2D eigenvalue weighted by molar-refractivity contribution is -0.383. The van der Waals surface area contributed by atoms with Crippen LogP contribution in [0.3, 0.4) is 0 Å². The third kappa shape index (κ3) is 2.70. The first-order valence-electron chi connectivity index (χ1n) is 5.52. The number of nitriles is 1. The number of halogens is 1. The minimum Gasteiger partial charge on any atom is -0.393 e. The number of nitro groups is 1. The van der Waals surface area contributed by atoms with Crippen LogP contribution in [-0.4, -0.2) is 4.92 Å². The summed E-state index contributed by atoms with van der Waals surface area (Å²) in [5, 5.41) is 23.0. The Balaban J connectivity index is 2.51. The Kier molecular flexibility index (Phi) is 3.86. The maximum atomic E-state index is 11.1. The molecule has 7 heteroatoms. The van der Waals surface area contributed by atoms with Gasteiger partial charge in [-0.15, -0.1) is 0 Å². The number of anilines is 3. The fourth-order valence-electron chi connectivity index (χ4n) is 1.73. The maximum absolute atomic E-state index is 11.1. The number of benzene rings is 2. The molecule has 20 heavy (non-hydrogen) atoms. The Morgan fingerprint density at radius 3 is 2.70 bits per heavy atom. The number of nitro benzene ring substituents is 1. The molecule has 3 N–H and O–H groups in total. The zero-order valence-electron chi connectivity index (χ0n) is 10.1. The summed E-state index contributed by atoms with van der Waals surface area (Å²) >= 11 is 3.29. The lowest BCUT2D eigenvalue weighted by Crippen LogP contribution is -2.01. The quantitative estimate of drug-likeness (QED) is 0.508. The van der Waals surface area contributed by atoms with Crippen molar-refractivity contribution in [3.8, 4) is 6.07 Å². The molecule has 0 saturated carbocycles. The summed E-state index contributed by atoms with van der Waals surface area (Å²) in [6.45, 7) is 0. The minimum absolute atomic E-state index is 0.0634. The lowest BCUT2D eigenvalue weighted by Gasteiger charge is -2.10. The Bertz CT molecular complexity index is 725. The Morgan fingerprint density at radius 2 is 2.05 bits per heavy atom. The lowest BCUT2D eigenvalue weighted by atomic mass is 10.1. The minimum atomic E-state index is -0.554. The third-order valence-corrected chi connectivity index (χ3v) is 3.11. The van der Waals surface area contributed by atoms with E-state index in [4.69, 9.17) is 11.0 Å². The molecule has 6 nitrogen and oxygen atoms in total. The first-order chi connectivity index (χ1) is 9.52. The average Bonchev–Trinajstić information content (AvgIpc) is 2.38. The Morgan fingerprint density at radius 1 is 1.30 bits per heavy atom. The molecular formula is C13H9BrN4O2. The monoisotopic (exact) mass is 332 g/mol. The highest BCUT2D eigenvalue weighted by Gasteiger charge is 2.18. The van der Waals surface area contributed by atoms with Crippen LogP contribution in [0.4, 0.5) is 22.7 Å². The van der Waals surface area contributed by atoms with Gasteiger partial charge in [0.25, 0.3) is 0 Å². The molecule has 0 atom stereocenters. The molecule has 0 unspecified atom stereocenters. The average molecular weight is 333 g/mol. The third-order valence-electron chi connectivity index (χ3n) is 2.62. The summed E-state index contributed by atoms with van der Waals surface area (Å²) in [4.78, 5) is 10.5. The van der Waals surface area contributed by atoms with E-state index in [-0.39, 0.29) is 17.1 Å². The number of para-hydroxylation sites is 1. The van der Waals surface area contributed by atoms with Crippen molar-refractivity contribution in [1.29, 1.82) is 5.26 Å². The second-order valence-corrected chi connectivity index (χ2v) is 4.84. The highest BCUT2D eigenvalue weighted by molar-refractivity contribution is 9.10. The van der Waals surface area contributed by atoms with E-state index in [0.717, 1.165) is 4.47 Å². The number of nitrogens with two attached hydrogens (primary N) is 1.